The summed E-state index contributed by atoms with van der Waals surface area (Å²) in [6.07, 6.45) is 1.80. The summed E-state index contributed by atoms with van der Waals surface area (Å²) in [4.78, 5) is 1.86. The molecule has 1 aromatic rings. The van der Waals surface area contributed by atoms with Crippen molar-refractivity contribution in [1.82, 2.24) is 4.90 Å². The summed E-state index contributed by atoms with van der Waals surface area (Å²) in [7, 11) is 3.79. The molecule has 0 saturated heterocycles. The number of allylic oxidation sites excluding steroid dienone is 1. The zero-order valence-electron chi connectivity index (χ0n) is 9.07. The van der Waals surface area contributed by atoms with Crippen LogP contribution >= 0.6 is 0 Å². The predicted molar refractivity (Wildman–Crippen MR) is 61.6 cm³/mol. The van der Waals surface area contributed by atoms with Crippen LogP contribution in [0.15, 0.2) is 30.5 Å². The minimum absolute atomic E-state index is 0.527. The topological polar surface area (TPSA) is 53.0 Å². The fourth-order valence-electron chi connectivity index (χ4n) is 1.25. The minimum atomic E-state index is 0.527. The fraction of sp³-hybridized carbons (Fsp3) is 0.250. The van der Waals surface area contributed by atoms with E-state index in [-0.39, 0.29) is 0 Å². The van der Waals surface area contributed by atoms with Crippen molar-refractivity contribution in [3.05, 3.63) is 41.6 Å². The molecule has 3 heteroatoms. The quantitative estimate of drug-likeness (QED) is 0.755. The Morgan fingerprint density at radius 1 is 1.40 bits per heavy atom. The molecule has 3 nitrogen and oxygen atoms in total. The molecule has 1 aromatic carbocycles. The van der Waals surface area contributed by atoms with E-state index in [1.54, 1.807) is 6.20 Å². The summed E-state index contributed by atoms with van der Waals surface area (Å²) in [6.45, 7) is 0.527. The maximum atomic E-state index is 8.99. The first-order valence-electron chi connectivity index (χ1n) is 4.75. The molecule has 15 heavy (non-hydrogen) atoms. The second-order valence-corrected chi connectivity index (χ2v) is 3.52. The van der Waals surface area contributed by atoms with Gasteiger partial charge in [-0.2, -0.15) is 5.26 Å². The van der Waals surface area contributed by atoms with Crippen molar-refractivity contribution in [2.75, 3.05) is 14.1 Å². The van der Waals surface area contributed by atoms with Crippen molar-refractivity contribution in [2.24, 2.45) is 5.73 Å². The minimum Gasteiger partial charge on any atom is -0.382 e. The normalized spacial score (nSPS) is 10.9. The highest BCUT2D eigenvalue weighted by atomic mass is 15.0. The van der Waals surface area contributed by atoms with E-state index in [1.807, 2.05) is 43.3 Å². The molecule has 0 amide bonds. The van der Waals surface area contributed by atoms with Crippen LogP contribution in [0.25, 0.3) is 5.57 Å². The highest BCUT2D eigenvalue weighted by Gasteiger charge is 2.00. The summed E-state index contributed by atoms with van der Waals surface area (Å²) in [5, 5.41) is 8.99. The molecule has 0 saturated carbocycles. The monoisotopic (exact) mass is 201 g/mol. The molecule has 0 atom stereocenters. The molecule has 0 bridgehead atoms. The Bertz CT molecular complexity index is 382. The van der Waals surface area contributed by atoms with Gasteiger partial charge in [0.25, 0.3) is 0 Å². The number of benzene rings is 1. The van der Waals surface area contributed by atoms with Crippen LogP contribution in [-0.4, -0.2) is 19.0 Å². The molecule has 0 spiro atoms. The Kier molecular flexibility index (Phi) is 3.90. The molecule has 0 aliphatic carbocycles. The summed E-state index contributed by atoms with van der Waals surface area (Å²) in [5.41, 5.74) is 8.15. The van der Waals surface area contributed by atoms with Gasteiger partial charge in [0.1, 0.15) is 6.07 Å². The van der Waals surface area contributed by atoms with Crippen molar-refractivity contribution in [3.8, 4) is 6.07 Å². The van der Waals surface area contributed by atoms with Crippen LogP contribution in [0.2, 0.25) is 0 Å². The lowest BCUT2D eigenvalue weighted by Crippen LogP contribution is -2.02. The van der Waals surface area contributed by atoms with Gasteiger partial charge in [-0.25, -0.2) is 0 Å². The lowest BCUT2D eigenvalue weighted by Gasteiger charge is -2.07. The summed E-state index contributed by atoms with van der Waals surface area (Å²) < 4.78 is 0. The van der Waals surface area contributed by atoms with Crippen molar-refractivity contribution in [3.63, 3.8) is 0 Å². The molecule has 0 aliphatic rings. The van der Waals surface area contributed by atoms with E-state index in [4.69, 9.17) is 11.0 Å². The number of hydrogen-bond acceptors (Lipinski definition) is 3. The van der Waals surface area contributed by atoms with Gasteiger partial charge in [-0.3, -0.25) is 0 Å². The molecule has 2 N–H and O–H groups in total. The number of nitriles is 1. The highest BCUT2D eigenvalue weighted by molar-refractivity contribution is 5.76. The van der Waals surface area contributed by atoms with Crippen molar-refractivity contribution < 1.29 is 0 Å². The number of nitrogens with two attached hydrogens (primary N) is 1. The van der Waals surface area contributed by atoms with Gasteiger partial charge in [0.05, 0.1) is 5.57 Å². The third-order valence-corrected chi connectivity index (χ3v) is 2.01. The number of hydrogen-bond donors (Lipinski definition) is 1. The summed E-state index contributed by atoms with van der Waals surface area (Å²) >= 11 is 0. The SMILES string of the molecule is CN(C)C=C(C#N)c1ccc(CN)cc1. The Labute approximate surface area is 90.4 Å². The molecule has 78 valence electrons. The molecular weight excluding hydrogens is 186 g/mol. The molecule has 0 unspecified atom stereocenters. The van der Waals surface area contributed by atoms with Crippen LogP contribution < -0.4 is 5.73 Å². The molecule has 0 aromatic heterocycles. The highest BCUT2D eigenvalue weighted by Crippen LogP contribution is 2.14. The van der Waals surface area contributed by atoms with Crippen LogP contribution in [0.4, 0.5) is 0 Å². The van der Waals surface area contributed by atoms with Gasteiger partial charge in [0.15, 0.2) is 0 Å². The molecule has 0 aliphatic heterocycles. The maximum absolute atomic E-state index is 8.99. The summed E-state index contributed by atoms with van der Waals surface area (Å²) in [6, 6.07) is 9.89. The third kappa shape index (κ3) is 3.12. The molecule has 1 rings (SSSR count). The van der Waals surface area contributed by atoms with Crippen LogP contribution in [0, 0.1) is 11.3 Å². The van der Waals surface area contributed by atoms with Gasteiger partial charge in [-0.15, -0.1) is 0 Å². The molecular formula is C12H15N3. The largest absolute Gasteiger partial charge is 0.382 e. The Balaban J connectivity index is 3.00. The van der Waals surface area contributed by atoms with Gasteiger partial charge >= 0.3 is 0 Å². The van der Waals surface area contributed by atoms with Gasteiger partial charge < -0.3 is 10.6 Å². The van der Waals surface area contributed by atoms with Gasteiger partial charge in [-0.05, 0) is 11.1 Å². The van der Waals surface area contributed by atoms with E-state index in [1.165, 1.54) is 0 Å². The van der Waals surface area contributed by atoms with Gasteiger partial charge in [-0.1, -0.05) is 24.3 Å². The predicted octanol–water partition coefficient (Wildman–Crippen LogP) is 1.57. The van der Waals surface area contributed by atoms with E-state index in [0.717, 1.165) is 11.1 Å². The van der Waals surface area contributed by atoms with E-state index in [9.17, 15) is 0 Å². The lowest BCUT2D eigenvalue weighted by atomic mass is 10.1. The Morgan fingerprint density at radius 2 is 2.00 bits per heavy atom. The first-order chi connectivity index (χ1) is 7.17. The van der Waals surface area contributed by atoms with E-state index in [0.29, 0.717) is 12.1 Å². The standard InChI is InChI=1S/C12H15N3/c1-15(2)9-12(8-14)11-5-3-10(7-13)4-6-11/h3-6,9H,7,13H2,1-2H3. The van der Waals surface area contributed by atoms with Crippen molar-refractivity contribution >= 4 is 5.57 Å². The molecule has 0 radical (unpaired) electrons. The zero-order valence-corrected chi connectivity index (χ0v) is 9.07. The van der Waals surface area contributed by atoms with E-state index >= 15 is 0 Å². The van der Waals surface area contributed by atoms with Crippen LogP contribution in [-0.2, 0) is 6.54 Å². The van der Waals surface area contributed by atoms with Crippen molar-refractivity contribution in [1.29, 1.82) is 5.26 Å². The van der Waals surface area contributed by atoms with Crippen LogP contribution in [0.5, 0.6) is 0 Å². The average molecular weight is 201 g/mol. The van der Waals surface area contributed by atoms with Crippen LogP contribution in [0.1, 0.15) is 11.1 Å². The van der Waals surface area contributed by atoms with E-state index < -0.39 is 0 Å². The first kappa shape index (κ1) is 11.3. The average Bonchev–Trinajstić information content (AvgIpc) is 2.26. The van der Waals surface area contributed by atoms with E-state index in [2.05, 4.69) is 6.07 Å². The van der Waals surface area contributed by atoms with Crippen molar-refractivity contribution in [2.45, 2.75) is 6.54 Å². The molecule has 0 heterocycles. The zero-order chi connectivity index (χ0) is 11.3. The Hall–Kier alpha value is -1.79. The maximum Gasteiger partial charge on any atom is 0.101 e. The lowest BCUT2D eigenvalue weighted by molar-refractivity contribution is 0.566. The third-order valence-electron chi connectivity index (χ3n) is 2.01. The number of nitrogens with zero attached hydrogens (tertiary/aromatic N) is 2. The van der Waals surface area contributed by atoms with Gasteiger partial charge in [0, 0.05) is 26.8 Å². The second kappa shape index (κ2) is 5.18. The summed E-state index contributed by atoms with van der Waals surface area (Å²) in [5.74, 6) is 0. The smallest absolute Gasteiger partial charge is 0.101 e. The Morgan fingerprint density at radius 3 is 2.40 bits per heavy atom. The first-order valence-corrected chi connectivity index (χ1v) is 4.75. The van der Waals surface area contributed by atoms with Gasteiger partial charge in [0.2, 0.25) is 0 Å². The fourth-order valence-corrected chi connectivity index (χ4v) is 1.25. The molecule has 0 fully saturated rings. The second-order valence-electron chi connectivity index (χ2n) is 3.52. The number of rotatable bonds is 3. The van der Waals surface area contributed by atoms with Crippen LogP contribution in [0.3, 0.4) is 0 Å².